The number of aryl methyl sites for hydroxylation is 1. The van der Waals surface area contributed by atoms with Crippen LogP contribution >= 0.6 is 11.3 Å². The predicted molar refractivity (Wildman–Crippen MR) is 104 cm³/mol. The molecule has 7 nitrogen and oxygen atoms in total. The Balaban J connectivity index is 1.79. The Kier molecular flexibility index (Phi) is 5.36. The summed E-state index contributed by atoms with van der Waals surface area (Å²) in [4.78, 5) is 29.4. The summed E-state index contributed by atoms with van der Waals surface area (Å²) >= 11 is 1.10. The molecule has 0 spiro atoms. The molecule has 0 aliphatic carbocycles. The first kappa shape index (κ1) is 18.8. The lowest BCUT2D eigenvalue weighted by Gasteiger charge is -2.06. The van der Waals surface area contributed by atoms with Gasteiger partial charge < -0.3 is 4.74 Å². The molecule has 1 aromatic carbocycles. The van der Waals surface area contributed by atoms with E-state index < -0.39 is 5.97 Å². The molecule has 2 aromatic heterocycles. The molecule has 27 heavy (non-hydrogen) atoms. The van der Waals surface area contributed by atoms with Crippen molar-refractivity contribution in [2.45, 2.75) is 33.8 Å². The normalized spacial score (nSPS) is 10.9. The van der Waals surface area contributed by atoms with Gasteiger partial charge in [-0.3, -0.25) is 10.1 Å². The molecule has 0 saturated heterocycles. The van der Waals surface area contributed by atoms with Crippen LogP contribution in [0.2, 0.25) is 0 Å². The molecule has 0 unspecified atom stereocenters. The fourth-order valence-corrected chi connectivity index (χ4v) is 3.38. The van der Waals surface area contributed by atoms with Gasteiger partial charge in [0.25, 0.3) is 5.91 Å². The number of thiazole rings is 1. The van der Waals surface area contributed by atoms with Crippen molar-refractivity contribution in [2.24, 2.45) is 0 Å². The minimum Gasteiger partial charge on any atom is -0.459 e. The number of carbonyl (C=O) groups is 2. The molecule has 0 saturated carbocycles. The number of para-hydroxylation sites is 1. The van der Waals surface area contributed by atoms with Gasteiger partial charge in [-0.25, -0.2) is 14.5 Å². The summed E-state index contributed by atoms with van der Waals surface area (Å²) in [6.07, 6.45) is 1.30. The van der Waals surface area contributed by atoms with Gasteiger partial charge >= 0.3 is 5.97 Å². The molecule has 3 rings (SSSR count). The Bertz CT molecular complexity index is 976. The number of anilines is 1. The molecule has 0 bridgehead atoms. The van der Waals surface area contributed by atoms with Crippen LogP contribution in [0.1, 0.15) is 45.3 Å². The van der Waals surface area contributed by atoms with Crippen molar-refractivity contribution in [2.75, 3.05) is 5.32 Å². The highest BCUT2D eigenvalue weighted by Crippen LogP contribution is 2.25. The Morgan fingerprint density at radius 2 is 1.89 bits per heavy atom. The van der Waals surface area contributed by atoms with Crippen LogP contribution in [0.5, 0.6) is 0 Å². The summed E-state index contributed by atoms with van der Waals surface area (Å²) in [5, 5.41) is 7.38. The number of carbonyl (C=O) groups excluding carboxylic acids is 2. The van der Waals surface area contributed by atoms with E-state index in [1.165, 1.54) is 6.20 Å². The van der Waals surface area contributed by atoms with Crippen LogP contribution in [0.3, 0.4) is 0 Å². The van der Waals surface area contributed by atoms with Crippen molar-refractivity contribution in [1.82, 2.24) is 14.8 Å². The van der Waals surface area contributed by atoms with Crippen molar-refractivity contribution in [3.8, 4) is 5.69 Å². The molecular weight excluding hydrogens is 364 g/mol. The molecule has 3 aromatic rings. The van der Waals surface area contributed by atoms with Crippen molar-refractivity contribution in [3.63, 3.8) is 0 Å². The topological polar surface area (TPSA) is 86.1 Å². The van der Waals surface area contributed by atoms with Crippen molar-refractivity contribution < 1.29 is 14.3 Å². The summed E-state index contributed by atoms with van der Waals surface area (Å²) in [6, 6.07) is 9.57. The SMILES string of the molecule is Cc1nc(NC(=O)c2cnn(-c3ccccc3)c2C)sc1C(=O)OC(C)C. The second-order valence-corrected chi connectivity index (χ2v) is 7.23. The summed E-state index contributed by atoms with van der Waals surface area (Å²) in [5.74, 6) is -0.763. The van der Waals surface area contributed by atoms with Gasteiger partial charge in [-0.1, -0.05) is 29.5 Å². The fourth-order valence-electron chi connectivity index (χ4n) is 2.53. The summed E-state index contributed by atoms with van der Waals surface area (Å²) < 4.78 is 6.90. The third-order valence-electron chi connectivity index (χ3n) is 3.80. The highest BCUT2D eigenvalue weighted by Gasteiger charge is 2.21. The largest absolute Gasteiger partial charge is 0.459 e. The van der Waals surface area contributed by atoms with Crippen LogP contribution in [-0.4, -0.2) is 32.7 Å². The number of benzene rings is 1. The Morgan fingerprint density at radius 3 is 2.56 bits per heavy atom. The molecular formula is C19H20N4O3S. The molecule has 8 heteroatoms. The molecule has 1 amide bonds. The van der Waals surface area contributed by atoms with E-state index in [1.807, 2.05) is 37.3 Å². The molecule has 0 aliphatic rings. The van der Waals surface area contributed by atoms with E-state index in [4.69, 9.17) is 4.74 Å². The van der Waals surface area contributed by atoms with E-state index in [9.17, 15) is 9.59 Å². The Morgan fingerprint density at radius 1 is 1.19 bits per heavy atom. The average molecular weight is 384 g/mol. The van der Waals surface area contributed by atoms with Gasteiger partial charge in [0.15, 0.2) is 5.13 Å². The van der Waals surface area contributed by atoms with E-state index in [2.05, 4.69) is 15.4 Å². The zero-order valence-electron chi connectivity index (χ0n) is 15.5. The number of esters is 1. The number of amides is 1. The lowest BCUT2D eigenvalue weighted by Crippen LogP contribution is -2.13. The quantitative estimate of drug-likeness (QED) is 0.677. The maximum atomic E-state index is 12.6. The number of ether oxygens (including phenoxy) is 1. The second-order valence-electron chi connectivity index (χ2n) is 6.23. The molecule has 0 aliphatic heterocycles. The van der Waals surface area contributed by atoms with Crippen molar-refractivity contribution in [3.05, 3.63) is 58.4 Å². The number of aromatic nitrogens is 3. The average Bonchev–Trinajstić information content (AvgIpc) is 3.17. The number of hydrogen-bond donors (Lipinski definition) is 1. The molecule has 0 fully saturated rings. The van der Waals surface area contributed by atoms with E-state index in [0.717, 1.165) is 17.0 Å². The lowest BCUT2D eigenvalue weighted by atomic mass is 10.2. The number of hydrogen-bond acceptors (Lipinski definition) is 6. The molecule has 140 valence electrons. The lowest BCUT2D eigenvalue weighted by molar-refractivity contribution is 0.0382. The van der Waals surface area contributed by atoms with Gasteiger partial charge in [-0.05, 0) is 39.8 Å². The highest BCUT2D eigenvalue weighted by molar-refractivity contribution is 7.17. The van der Waals surface area contributed by atoms with Crippen LogP contribution in [0.15, 0.2) is 36.5 Å². The minimum atomic E-state index is -0.437. The Hall–Kier alpha value is -3.00. The third-order valence-corrected chi connectivity index (χ3v) is 4.85. The fraction of sp³-hybridized carbons (Fsp3) is 0.263. The van der Waals surface area contributed by atoms with Gasteiger partial charge in [0.2, 0.25) is 0 Å². The molecule has 0 radical (unpaired) electrons. The van der Waals surface area contributed by atoms with Crippen LogP contribution < -0.4 is 5.32 Å². The smallest absolute Gasteiger partial charge is 0.350 e. The maximum absolute atomic E-state index is 12.6. The number of nitrogens with zero attached hydrogens (tertiary/aromatic N) is 3. The zero-order chi connectivity index (χ0) is 19.6. The van der Waals surface area contributed by atoms with Crippen molar-refractivity contribution in [1.29, 1.82) is 0 Å². The van der Waals surface area contributed by atoms with Crippen LogP contribution in [0, 0.1) is 13.8 Å². The monoisotopic (exact) mass is 384 g/mol. The molecule has 0 atom stereocenters. The van der Waals surface area contributed by atoms with E-state index >= 15 is 0 Å². The summed E-state index contributed by atoms with van der Waals surface area (Å²) in [7, 11) is 0. The van der Waals surface area contributed by atoms with Gasteiger partial charge in [-0.15, -0.1) is 0 Å². The van der Waals surface area contributed by atoms with E-state index in [0.29, 0.717) is 27.0 Å². The minimum absolute atomic E-state index is 0.219. The van der Waals surface area contributed by atoms with E-state index in [-0.39, 0.29) is 12.0 Å². The van der Waals surface area contributed by atoms with Crippen molar-refractivity contribution >= 4 is 28.3 Å². The third kappa shape index (κ3) is 4.06. The van der Waals surface area contributed by atoms with Gasteiger partial charge in [0, 0.05) is 0 Å². The van der Waals surface area contributed by atoms with E-state index in [1.54, 1.807) is 25.5 Å². The first-order chi connectivity index (χ1) is 12.9. The Labute approximate surface area is 161 Å². The first-order valence-corrected chi connectivity index (χ1v) is 9.28. The predicted octanol–water partition coefficient (Wildman–Crippen LogP) is 3.76. The van der Waals surface area contributed by atoms with Gasteiger partial charge in [0.05, 0.1) is 34.9 Å². The highest BCUT2D eigenvalue weighted by atomic mass is 32.1. The van der Waals surface area contributed by atoms with Gasteiger partial charge in [-0.2, -0.15) is 5.10 Å². The number of rotatable bonds is 5. The standard InChI is InChI=1S/C19H20N4O3S/c1-11(2)26-18(25)16-12(3)21-19(27-16)22-17(24)15-10-20-23(13(15)4)14-8-6-5-7-9-14/h5-11H,1-4H3,(H,21,22,24). The van der Waals surface area contributed by atoms with Crippen LogP contribution in [0.4, 0.5) is 5.13 Å². The van der Waals surface area contributed by atoms with Crippen LogP contribution in [-0.2, 0) is 4.74 Å². The number of nitrogens with one attached hydrogen (secondary N) is 1. The second kappa shape index (κ2) is 7.71. The molecule has 1 N–H and O–H groups in total. The summed E-state index contributed by atoms with van der Waals surface area (Å²) in [5.41, 5.74) is 2.56. The van der Waals surface area contributed by atoms with Gasteiger partial charge in [0.1, 0.15) is 4.88 Å². The van der Waals surface area contributed by atoms with Crippen LogP contribution in [0.25, 0.3) is 5.69 Å². The maximum Gasteiger partial charge on any atom is 0.350 e. The zero-order valence-corrected chi connectivity index (χ0v) is 16.3. The summed E-state index contributed by atoms with van der Waals surface area (Å²) in [6.45, 7) is 7.10. The molecule has 2 heterocycles. The first-order valence-electron chi connectivity index (χ1n) is 8.46.